The molecule has 8 heteroatoms. The van der Waals surface area contributed by atoms with Crippen LogP contribution < -0.4 is 5.32 Å². The fraction of sp³-hybridized carbons (Fsp3) is 0.462. The molecule has 0 amide bonds. The molecule has 1 aliphatic heterocycles. The molecule has 2 rings (SSSR count). The zero-order valence-electron chi connectivity index (χ0n) is 11.1. The number of rotatable bonds is 2. The quantitative estimate of drug-likeness (QED) is 0.898. The lowest BCUT2D eigenvalue weighted by atomic mass is 10.0. The van der Waals surface area contributed by atoms with Gasteiger partial charge in [-0.3, -0.25) is 4.90 Å². The molecule has 1 atom stereocenters. The summed E-state index contributed by atoms with van der Waals surface area (Å²) in [4.78, 5) is 1.41. The van der Waals surface area contributed by atoms with E-state index in [1.54, 1.807) is 0 Å². The van der Waals surface area contributed by atoms with Crippen LogP contribution in [0, 0.1) is 11.3 Å². The van der Waals surface area contributed by atoms with Crippen LogP contribution in [0.15, 0.2) is 24.3 Å². The van der Waals surface area contributed by atoms with Crippen molar-refractivity contribution in [2.75, 3.05) is 26.2 Å². The monoisotopic (exact) mass is 341 g/mol. The minimum absolute atomic E-state index is 0. The van der Waals surface area contributed by atoms with Gasteiger partial charge in [0.05, 0.1) is 11.6 Å². The van der Waals surface area contributed by atoms with Crippen LogP contribution in [-0.2, 0) is 0 Å². The summed E-state index contributed by atoms with van der Waals surface area (Å²) in [6, 6.07) is 6.00. The summed E-state index contributed by atoms with van der Waals surface area (Å²) < 4.78 is 39.8. The number of nitriles is 1. The SMILES string of the molecule is Cl.Cl.N#Cc1cccc([C@H](N2CCNCC2)C(F)(F)F)c1. The van der Waals surface area contributed by atoms with E-state index in [0.717, 1.165) is 0 Å². The first kappa shape index (κ1) is 20.0. The van der Waals surface area contributed by atoms with Crippen LogP contribution in [0.4, 0.5) is 13.2 Å². The predicted octanol–water partition coefficient (Wildman–Crippen LogP) is 2.91. The fourth-order valence-corrected chi connectivity index (χ4v) is 2.33. The second-order valence-corrected chi connectivity index (χ2v) is 4.47. The first-order valence-corrected chi connectivity index (χ1v) is 6.04. The lowest BCUT2D eigenvalue weighted by molar-refractivity contribution is -0.187. The molecule has 1 heterocycles. The van der Waals surface area contributed by atoms with Crippen molar-refractivity contribution in [2.45, 2.75) is 12.2 Å². The van der Waals surface area contributed by atoms with Crippen molar-refractivity contribution < 1.29 is 13.2 Å². The molecule has 1 saturated heterocycles. The van der Waals surface area contributed by atoms with Crippen LogP contribution in [0.2, 0.25) is 0 Å². The Bertz CT molecular complexity index is 482. The van der Waals surface area contributed by atoms with Crippen LogP contribution in [0.5, 0.6) is 0 Å². The van der Waals surface area contributed by atoms with Gasteiger partial charge in [-0.05, 0) is 17.7 Å². The van der Waals surface area contributed by atoms with Crippen molar-refractivity contribution in [3.63, 3.8) is 0 Å². The number of piperazine rings is 1. The van der Waals surface area contributed by atoms with E-state index in [2.05, 4.69) is 5.32 Å². The largest absolute Gasteiger partial charge is 0.408 e. The number of benzene rings is 1. The van der Waals surface area contributed by atoms with Gasteiger partial charge in [0.2, 0.25) is 0 Å². The Morgan fingerprint density at radius 1 is 1.19 bits per heavy atom. The second-order valence-electron chi connectivity index (χ2n) is 4.47. The number of hydrogen-bond acceptors (Lipinski definition) is 3. The summed E-state index contributed by atoms with van der Waals surface area (Å²) in [7, 11) is 0. The van der Waals surface area contributed by atoms with Gasteiger partial charge in [-0.15, -0.1) is 24.8 Å². The van der Waals surface area contributed by atoms with Crippen molar-refractivity contribution in [1.29, 1.82) is 5.26 Å². The summed E-state index contributed by atoms with van der Waals surface area (Å²) in [5.41, 5.74) is 0.385. The molecule has 1 N–H and O–H groups in total. The van der Waals surface area contributed by atoms with E-state index in [1.165, 1.54) is 29.2 Å². The standard InChI is InChI=1S/C13H14F3N3.2ClH/c14-13(15,16)12(19-6-4-18-5-7-19)11-3-1-2-10(8-11)9-17;;/h1-3,8,12,18H,4-7H2;2*1H/t12-;;/m0../s1. The lowest BCUT2D eigenvalue weighted by Crippen LogP contribution is -2.49. The average Bonchev–Trinajstić information content (AvgIpc) is 2.39. The molecule has 1 aromatic rings. The highest BCUT2D eigenvalue weighted by Crippen LogP contribution is 2.37. The van der Waals surface area contributed by atoms with Crippen LogP contribution in [0.25, 0.3) is 0 Å². The summed E-state index contributed by atoms with van der Waals surface area (Å²) in [6.07, 6.45) is -4.34. The molecule has 21 heavy (non-hydrogen) atoms. The molecule has 0 radical (unpaired) electrons. The molecule has 1 aliphatic rings. The third-order valence-corrected chi connectivity index (χ3v) is 3.16. The Kier molecular flexibility index (Phi) is 8.04. The summed E-state index contributed by atoms with van der Waals surface area (Å²) in [5.74, 6) is 0. The maximum Gasteiger partial charge on any atom is 0.408 e. The summed E-state index contributed by atoms with van der Waals surface area (Å²) >= 11 is 0. The molecular formula is C13H16Cl2F3N3. The maximum absolute atomic E-state index is 13.3. The van der Waals surface area contributed by atoms with Crippen molar-refractivity contribution in [1.82, 2.24) is 10.2 Å². The van der Waals surface area contributed by atoms with E-state index < -0.39 is 12.2 Å². The molecule has 0 unspecified atom stereocenters. The normalized spacial score (nSPS) is 17.0. The van der Waals surface area contributed by atoms with E-state index in [0.29, 0.717) is 26.2 Å². The van der Waals surface area contributed by atoms with Gasteiger partial charge < -0.3 is 5.32 Å². The molecule has 0 aromatic heterocycles. The van der Waals surface area contributed by atoms with Crippen molar-refractivity contribution in [3.05, 3.63) is 35.4 Å². The predicted molar refractivity (Wildman–Crippen MR) is 78.9 cm³/mol. The smallest absolute Gasteiger partial charge is 0.314 e. The Balaban J connectivity index is 0.00000200. The molecule has 0 bridgehead atoms. The van der Waals surface area contributed by atoms with E-state index in [1.807, 2.05) is 6.07 Å². The Morgan fingerprint density at radius 2 is 1.81 bits per heavy atom. The van der Waals surface area contributed by atoms with Crippen molar-refractivity contribution >= 4 is 24.8 Å². The molecule has 0 spiro atoms. The van der Waals surface area contributed by atoms with Crippen LogP contribution >= 0.6 is 24.8 Å². The zero-order chi connectivity index (χ0) is 13.9. The maximum atomic E-state index is 13.3. The second kappa shape index (κ2) is 8.44. The highest BCUT2D eigenvalue weighted by molar-refractivity contribution is 5.85. The van der Waals surface area contributed by atoms with Gasteiger partial charge in [0, 0.05) is 26.2 Å². The van der Waals surface area contributed by atoms with Crippen LogP contribution in [-0.4, -0.2) is 37.3 Å². The number of nitrogens with zero attached hydrogens (tertiary/aromatic N) is 2. The van der Waals surface area contributed by atoms with Gasteiger partial charge in [0.15, 0.2) is 0 Å². The molecule has 1 aromatic carbocycles. The topological polar surface area (TPSA) is 39.1 Å². The number of alkyl halides is 3. The molecule has 0 aliphatic carbocycles. The molecule has 3 nitrogen and oxygen atoms in total. The summed E-state index contributed by atoms with van der Waals surface area (Å²) in [5, 5.41) is 11.8. The van der Waals surface area contributed by atoms with E-state index in [-0.39, 0.29) is 35.9 Å². The highest BCUT2D eigenvalue weighted by atomic mass is 35.5. The van der Waals surface area contributed by atoms with Gasteiger partial charge in [0.1, 0.15) is 6.04 Å². The summed E-state index contributed by atoms with van der Waals surface area (Å²) in [6.45, 7) is 1.79. The number of nitrogens with one attached hydrogen (secondary N) is 1. The van der Waals surface area contributed by atoms with Crippen molar-refractivity contribution in [2.24, 2.45) is 0 Å². The van der Waals surface area contributed by atoms with Crippen LogP contribution in [0.1, 0.15) is 17.2 Å². The average molecular weight is 342 g/mol. The Morgan fingerprint density at radius 3 is 2.33 bits per heavy atom. The van der Waals surface area contributed by atoms with E-state index in [9.17, 15) is 13.2 Å². The third-order valence-electron chi connectivity index (χ3n) is 3.16. The van der Waals surface area contributed by atoms with Gasteiger partial charge in [-0.25, -0.2) is 0 Å². The first-order valence-electron chi connectivity index (χ1n) is 6.04. The minimum atomic E-state index is -4.34. The minimum Gasteiger partial charge on any atom is -0.314 e. The Hall–Kier alpha value is -1.00. The van der Waals surface area contributed by atoms with Gasteiger partial charge in [-0.2, -0.15) is 18.4 Å². The van der Waals surface area contributed by atoms with Gasteiger partial charge >= 0.3 is 6.18 Å². The third kappa shape index (κ3) is 5.04. The number of hydrogen-bond donors (Lipinski definition) is 1. The van der Waals surface area contributed by atoms with Crippen molar-refractivity contribution in [3.8, 4) is 6.07 Å². The Labute approximate surface area is 133 Å². The molecule has 0 saturated carbocycles. The zero-order valence-corrected chi connectivity index (χ0v) is 12.7. The fourth-order valence-electron chi connectivity index (χ4n) is 2.33. The first-order chi connectivity index (χ1) is 9.02. The molecule has 118 valence electrons. The highest BCUT2D eigenvalue weighted by Gasteiger charge is 2.44. The van der Waals surface area contributed by atoms with E-state index >= 15 is 0 Å². The number of halogens is 5. The molecular weight excluding hydrogens is 326 g/mol. The van der Waals surface area contributed by atoms with Gasteiger partial charge in [0.25, 0.3) is 0 Å². The lowest BCUT2D eigenvalue weighted by Gasteiger charge is -2.36. The van der Waals surface area contributed by atoms with Gasteiger partial charge in [-0.1, -0.05) is 12.1 Å². The molecule has 1 fully saturated rings. The van der Waals surface area contributed by atoms with Crippen LogP contribution in [0.3, 0.4) is 0 Å². The van der Waals surface area contributed by atoms with E-state index in [4.69, 9.17) is 5.26 Å².